The quantitative estimate of drug-likeness (QED) is 0.727. The van der Waals surface area contributed by atoms with Gasteiger partial charge in [0.05, 0.1) is 5.60 Å². The monoisotopic (exact) mass is 187 g/mol. The van der Waals surface area contributed by atoms with Gasteiger partial charge < -0.3 is 10.1 Å². The summed E-state index contributed by atoms with van der Waals surface area (Å²) in [4.78, 5) is 10.9. The number of rotatable bonds is 4. The van der Waals surface area contributed by atoms with Crippen molar-refractivity contribution in [2.45, 2.75) is 52.2 Å². The van der Waals surface area contributed by atoms with E-state index < -0.39 is 0 Å². The second-order valence-corrected chi connectivity index (χ2v) is 4.71. The number of amides is 1. The molecule has 0 aliphatic carbocycles. The number of hydrogen-bond donors (Lipinski definition) is 1. The third-order valence-electron chi connectivity index (χ3n) is 1.93. The molecule has 0 aromatic rings. The Hall–Kier alpha value is -0.570. The molecule has 0 unspecified atom stereocenters. The van der Waals surface area contributed by atoms with Gasteiger partial charge in [-0.15, -0.1) is 0 Å². The maximum Gasteiger partial charge on any atom is 0.217 e. The number of methoxy groups -OCH3 is 1. The summed E-state index contributed by atoms with van der Waals surface area (Å²) in [6.45, 7) is 9.54. The Kier molecular flexibility index (Phi) is 3.91. The molecule has 0 saturated carbocycles. The van der Waals surface area contributed by atoms with Crippen LogP contribution in [-0.4, -0.2) is 24.2 Å². The average Bonchev–Trinajstić information content (AvgIpc) is 1.81. The summed E-state index contributed by atoms with van der Waals surface area (Å²) in [5.41, 5.74) is -0.419. The normalized spacial score (nSPS) is 12.8. The van der Waals surface area contributed by atoms with Crippen LogP contribution in [0.25, 0.3) is 0 Å². The highest BCUT2D eigenvalue weighted by atomic mass is 16.5. The highest BCUT2D eigenvalue weighted by Crippen LogP contribution is 2.22. The van der Waals surface area contributed by atoms with Crippen molar-refractivity contribution in [1.29, 1.82) is 0 Å². The van der Waals surface area contributed by atoms with Gasteiger partial charge in [-0.25, -0.2) is 0 Å². The molecule has 0 atom stereocenters. The summed E-state index contributed by atoms with van der Waals surface area (Å²) in [6, 6.07) is 0. The van der Waals surface area contributed by atoms with Gasteiger partial charge in [-0.05, 0) is 34.1 Å². The van der Waals surface area contributed by atoms with Gasteiger partial charge in [0.2, 0.25) is 5.91 Å². The minimum Gasteiger partial charge on any atom is -0.379 e. The lowest BCUT2D eigenvalue weighted by Crippen LogP contribution is -2.47. The molecule has 1 amide bonds. The number of nitrogens with one attached hydrogen (secondary N) is 1. The molecule has 13 heavy (non-hydrogen) atoms. The van der Waals surface area contributed by atoms with Crippen LogP contribution >= 0.6 is 0 Å². The second-order valence-electron chi connectivity index (χ2n) is 4.71. The van der Waals surface area contributed by atoms with Crippen molar-refractivity contribution >= 4 is 5.91 Å². The molecule has 0 spiro atoms. The van der Waals surface area contributed by atoms with Crippen LogP contribution in [0.4, 0.5) is 0 Å². The van der Waals surface area contributed by atoms with Crippen LogP contribution in [0.15, 0.2) is 0 Å². The van der Waals surface area contributed by atoms with E-state index in [4.69, 9.17) is 4.74 Å². The lowest BCUT2D eigenvalue weighted by molar-refractivity contribution is -0.121. The molecular weight excluding hydrogens is 166 g/mol. The summed E-state index contributed by atoms with van der Waals surface area (Å²) in [7, 11) is 1.68. The Morgan fingerprint density at radius 1 is 1.31 bits per heavy atom. The van der Waals surface area contributed by atoms with E-state index in [1.807, 2.05) is 27.7 Å². The molecule has 0 rings (SSSR count). The molecule has 1 N–H and O–H groups in total. The van der Waals surface area contributed by atoms with Crippen LogP contribution in [-0.2, 0) is 9.53 Å². The van der Waals surface area contributed by atoms with Crippen LogP contribution < -0.4 is 5.32 Å². The molecular formula is C10H21NO2. The summed E-state index contributed by atoms with van der Waals surface area (Å²) in [5.74, 6) is -0.00287. The maximum absolute atomic E-state index is 10.9. The van der Waals surface area contributed by atoms with Gasteiger partial charge in [0.15, 0.2) is 0 Å². The van der Waals surface area contributed by atoms with Crippen LogP contribution in [0.1, 0.15) is 41.0 Å². The first-order valence-electron chi connectivity index (χ1n) is 4.52. The Balaban J connectivity index is 4.24. The molecule has 0 aromatic carbocycles. The summed E-state index contributed by atoms with van der Waals surface area (Å²) >= 11 is 0. The van der Waals surface area contributed by atoms with E-state index in [0.717, 1.165) is 6.42 Å². The number of ether oxygens (including phenoxy) is 1. The van der Waals surface area contributed by atoms with Crippen LogP contribution in [0, 0.1) is 0 Å². The van der Waals surface area contributed by atoms with Crippen molar-refractivity contribution in [3.05, 3.63) is 0 Å². The van der Waals surface area contributed by atoms with E-state index in [0.29, 0.717) is 0 Å². The van der Waals surface area contributed by atoms with Crippen molar-refractivity contribution in [1.82, 2.24) is 5.32 Å². The van der Waals surface area contributed by atoms with E-state index in [-0.39, 0.29) is 17.0 Å². The van der Waals surface area contributed by atoms with Crippen molar-refractivity contribution in [3.63, 3.8) is 0 Å². The van der Waals surface area contributed by atoms with Gasteiger partial charge in [0.1, 0.15) is 0 Å². The van der Waals surface area contributed by atoms with Crippen molar-refractivity contribution in [3.8, 4) is 0 Å². The van der Waals surface area contributed by atoms with Gasteiger partial charge >= 0.3 is 0 Å². The van der Waals surface area contributed by atoms with Gasteiger partial charge in [-0.2, -0.15) is 0 Å². The molecule has 0 bridgehead atoms. The molecule has 3 nitrogen and oxygen atoms in total. The molecule has 0 radical (unpaired) electrons. The number of hydrogen-bond acceptors (Lipinski definition) is 2. The van der Waals surface area contributed by atoms with Crippen molar-refractivity contribution < 1.29 is 9.53 Å². The fraction of sp³-hybridized carbons (Fsp3) is 0.900. The van der Waals surface area contributed by atoms with Crippen molar-refractivity contribution in [2.24, 2.45) is 0 Å². The molecule has 0 saturated heterocycles. The average molecular weight is 187 g/mol. The first kappa shape index (κ1) is 12.4. The summed E-state index contributed by atoms with van der Waals surface area (Å²) in [6.07, 6.45) is 0.788. The molecule has 0 aliphatic rings. The predicted octanol–water partition coefficient (Wildman–Crippen LogP) is 1.72. The summed E-state index contributed by atoms with van der Waals surface area (Å²) < 4.78 is 5.30. The zero-order valence-electron chi connectivity index (χ0n) is 9.52. The first-order chi connectivity index (χ1) is 5.68. The molecule has 0 aliphatic heterocycles. The smallest absolute Gasteiger partial charge is 0.217 e. The zero-order chi connectivity index (χ0) is 10.7. The van der Waals surface area contributed by atoms with Gasteiger partial charge in [-0.1, -0.05) is 0 Å². The molecule has 78 valence electrons. The second kappa shape index (κ2) is 4.09. The van der Waals surface area contributed by atoms with Crippen molar-refractivity contribution in [2.75, 3.05) is 7.11 Å². The predicted molar refractivity (Wildman–Crippen MR) is 53.6 cm³/mol. The van der Waals surface area contributed by atoms with E-state index in [2.05, 4.69) is 5.32 Å². The molecule has 0 aromatic heterocycles. The minimum absolute atomic E-state index is 0.00287. The highest BCUT2D eigenvalue weighted by molar-refractivity contribution is 5.73. The highest BCUT2D eigenvalue weighted by Gasteiger charge is 2.28. The largest absolute Gasteiger partial charge is 0.379 e. The van der Waals surface area contributed by atoms with Gasteiger partial charge in [-0.3, -0.25) is 4.79 Å². The third kappa shape index (κ3) is 5.64. The molecule has 3 heteroatoms. The third-order valence-corrected chi connectivity index (χ3v) is 1.93. The van der Waals surface area contributed by atoms with E-state index in [1.165, 1.54) is 6.92 Å². The van der Waals surface area contributed by atoms with Crippen LogP contribution in [0.5, 0.6) is 0 Å². The Morgan fingerprint density at radius 3 is 2.08 bits per heavy atom. The van der Waals surface area contributed by atoms with Gasteiger partial charge in [0, 0.05) is 19.6 Å². The van der Waals surface area contributed by atoms with E-state index >= 15 is 0 Å². The fourth-order valence-corrected chi connectivity index (χ4v) is 1.66. The number of carbonyl (C=O) groups is 1. The summed E-state index contributed by atoms with van der Waals surface area (Å²) in [5, 5.41) is 2.89. The maximum atomic E-state index is 10.9. The lowest BCUT2D eigenvalue weighted by atomic mass is 9.89. The van der Waals surface area contributed by atoms with Gasteiger partial charge in [0.25, 0.3) is 0 Å². The minimum atomic E-state index is -0.217. The first-order valence-corrected chi connectivity index (χ1v) is 4.52. The van der Waals surface area contributed by atoms with E-state index in [9.17, 15) is 4.79 Å². The standard InChI is InChI=1S/C10H21NO2/c1-8(12)11-9(2,3)7-10(4,5)13-6/h7H2,1-6H3,(H,11,12). The lowest BCUT2D eigenvalue weighted by Gasteiger charge is -2.34. The Labute approximate surface area is 80.8 Å². The Bertz CT molecular complexity index is 185. The molecule has 0 fully saturated rings. The number of carbonyl (C=O) groups excluding carboxylic acids is 1. The molecule has 0 heterocycles. The Morgan fingerprint density at radius 2 is 1.77 bits per heavy atom. The SMILES string of the molecule is COC(C)(C)CC(C)(C)NC(C)=O. The zero-order valence-corrected chi connectivity index (χ0v) is 9.52. The fourth-order valence-electron chi connectivity index (χ4n) is 1.66. The van der Waals surface area contributed by atoms with Crippen LogP contribution in [0.2, 0.25) is 0 Å². The van der Waals surface area contributed by atoms with E-state index in [1.54, 1.807) is 7.11 Å². The topological polar surface area (TPSA) is 38.3 Å². The van der Waals surface area contributed by atoms with Crippen LogP contribution in [0.3, 0.4) is 0 Å².